The molecule has 0 aliphatic carbocycles. The Morgan fingerprint density at radius 2 is 1.75 bits per heavy atom. The number of nitrogens with one attached hydrogen (secondary N) is 2. The fourth-order valence-corrected chi connectivity index (χ4v) is 2.82. The first-order valence-corrected chi connectivity index (χ1v) is 8.59. The molecule has 1 amide bonds. The first-order chi connectivity index (χ1) is 11.8. The minimum absolute atomic E-state index is 0.429. The molecular weight excluding hydrogens is 300 g/mol. The summed E-state index contributed by atoms with van der Waals surface area (Å²) < 4.78 is 0. The summed E-state index contributed by atoms with van der Waals surface area (Å²) in [5.41, 5.74) is 4.49. The number of hydrogen-bond donors (Lipinski definition) is 3. The van der Waals surface area contributed by atoms with E-state index in [1.807, 2.05) is 54.6 Å². The van der Waals surface area contributed by atoms with Gasteiger partial charge in [0.15, 0.2) is 0 Å². The molecule has 0 saturated carbocycles. The van der Waals surface area contributed by atoms with Gasteiger partial charge in [-0.05, 0) is 29.7 Å². The molecule has 0 aliphatic rings. The van der Waals surface area contributed by atoms with Crippen LogP contribution in [0.4, 0.5) is 5.69 Å². The maximum atomic E-state index is 12.2. The zero-order valence-electron chi connectivity index (χ0n) is 14.2. The van der Waals surface area contributed by atoms with Gasteiger partial charge in [0.2, 0.25) is 0 Å². The van der Waals surface area contributed by atoms with Gasteiger partial charge in [0.1, 0.15) is 0 Å². The van der Waals surface area contributed by atoms with Crippen LogP contribution in [-0.4, -0.2) is 17.7 Å². The van der Waals surface area contributed by atoms with Crippen molar-refractivity contribution in [3.05, 3.63) is 65.7 Å². The fourth-order valence-electron chi connectivity index (χ4n) is 2.82. The van der Waals surface area contributed by atoms with Gasteiger partial charge in [-0.3, -0.25) is 10.0 Å². The SMILES string of the molecule is CCCCCCNc1cccc(C(C(=O)NO)c2ccccc2)c1. The van der Waals surface area contributed by atoms with Crippen LogP contribution >= 0.6 is 0 Å². The zero-order valence-corrected chi connectivity index (χ0v) is 14.2. The van der Waals surface area contributed by atoms with Crippen LogP contribution in [0.25, 0.3) is 0 Å². The Bertz CT molecular complexity index is 629. The molecule has 0 fully saturated rings. The lowest BCUT2D eigenvalue weighted by molar-refractivity contribution is -0.129. The number of unbranched alkanes of at least 4 members (excludes halogenated alkanes) is 3. The lowest BCUT2D eigenvalue weighted by atomic mass is 9.90. The molecular formula is C20H26N2O2. The summed E-state index contributed by atoms with van der Waals surface area (Å²) >= 11 is 0. The number of benzene rings is 2. The Balaban J connectivity index is 2.13. The molecule has 0 saturated heterocycles. The first-order valence-electron chi connectivity index (χ1n) is 8.59. The second-order valence-electron chi connectivity index (χ2n) is 5.93. The molecule has 0 heterocycles. The number of rotatable bonds is 9. The molecule has 0 radical (unpaired) electrons. The number of amides is 1. The molecule has 128 valence electrons. The van der Waals surface area contributed by atoms with Crippen LogP contribution in [0.3, 0.4) is 0 Å². The van der Waals surface area contributed by atoms with E-state index in [0.29, 0.717) is 0 Å². The highest BCUT2D eigenvalue weighted by Gasteiger charge is 2.22. The number of carbonyl (C=O) groups is 1. The van der Waals surface area contributed by atoms with E-state index in [1.165, 1.54) is 19.3 Å². The number of carbonyl (C=O) groups excluding carboxylic acids is 1. The van der Waals surface area contributed by atoms with Crippen molar-refractivity contribution in [2.45, 2.75) is 38.5 Å². The van der Waals surface area contributed by atoms with Gasteiger partial charge in [-0.15, -0.1) is 0 Å². The predicted molar refractivity (Wildman–Crippen MR) is 97.3 cm³/mol. The van der Waals surface area contributed by atoms with E-state index in [4.69, 9.17) is 5.21 Å². The number of anilines is 1. The van der Waals surface area contributed by atoms with E-state index < -0.39 is 11.8 Å². The summed E-state index contributed by atoms with van der Waals surface area (Å²) in [5, 5.41) is 12.5. The van der Waals surface area contributed by atoms with Gasteiger partial charge in [0.25, 0.3) is 5.91 Å². The van der Waals surface area contributed by atoms with Crippen molar-refractivity contribution >= 4 is 11.6 Å². The van der Waals surface area contributed by atoms with Crippen molar-refractivity contribution in [2.24, 2.45) is 0 Å². The van der Waals surface area contributed by atoms with E-state index in [-0.39, 0.29) is 0 Å². The van der Waals surface area contributed by atoms with Crippen molar-refractivity contribution < 1.29 is 10.0 Å². The van der Waals surface area contributed by atoms with Crippen LogP contribution in [0.5, 0.6) is 0 Å². The molecule has 2 rings (SSSR count). The Hall–Kier alpha value is -2.33. The lowest BCUT2D eigenvalue weighted by Gasteiger charge is -2.17. The van der Waals surface area contributed by atoms with Crippen molar-refractivity contribution in [3.63, 3.8) is 0 Å². The minimum atomic E-state index is -0.530. The van der Waals surface area contributed by atoms with Crippen LogP contribution in [0.15, 0.2) is 54.6 Å². The smallest absolute Gasteiger partial charge is 0.255 e. The molecule has 1 atom stereocenters. The summed E-state index contributed by atoms with van der Waals surface area (Å²) in [6.07, 6.45) is 4.85. The maximum absolute atomic E-state index is 12.2. The lowest BCUT2D eigenvalue weighted by Crippen LogP contribution is -2.27. The molecule has 24 heavy (non-hydrogen) atoms. The molecule has 0 spiro atoms. The summed E-state index contributed by atoms with van der Waals surface area (Å²) in [4.78, 5) is 12.2. The largest absolute Gasteiger partial charge is 0.385 e. The average Bonchev–Trinajstić information content (AvgIpc) is 2.63. The maximum Gasteiger partial charge on any atom is 0.255 e. The Morgan fingerprint density at radius 3 is 2.46 bits per heavy atom. The van der Waals surface area contributed by atoms with Gasteiger partial charge in [0, 0.05) is 12.2 Å². The molecule has 4 nitrogen and oxygen atoms in total. The molecule has 4 heteroatoms. The third-order valence-corrected chi connectivity index (χ3v) is 4.08. The zero-order chi connectivity index (χ0) is 17.2. The highest BCUT2D eigenvalue weighted by atomic mass is 16.5. The fraction of sp³-hybridized carbons (Fsp3) is 0.350. The van der Waals surface area contributed by atoms with Gasteiger partial charge in [-0.25, -0.2) is 5.48 Å². The van der Waals surface area contributed by atoms with Crippen LogP contribution in [0.1, 0.15) is 49.7 Å². The Morgan fingerprint density at radius 1 is 1.00 bits per heavy atom. The molecule has 3 N–H and O–H groups in total. The molecule has 1 unspecified atom stereocenters. The van der Waals surface area contributed by atoms with Crippen LogP contribution in [0.2, 0.25) is 0 Å². The van der Waals surface area contributed by atoms with Crippen molar-refractivity contribution in [1.29, 1.82) is 0 Å². The van der Waals surface area contributed by atoms with E-state index in [1.54, 1.807) is 5.48 Å². The van der Waals surface area contributed by atoms with Crippen molar-refractivity contribution in [3.8, 4) is 0 Å². The second kappa shape index (κ2) is 9.73. The summed E-state index contributed by atoms with van der Waals surface area (Å²) in [7, 11) is 0. The van der Waals surface area contributed by atoms with Gasteiger partial charge in [0.05, 0.1) is 5.92 Å². The summed E-state index contributed by atoms with van der Waals surface area (Å²) in [6, 6.07) is 17.3. The van der Waals surface area contributed by atoms with Crippen LogP contribution in [0, 0.1) is 0 Å². The van der Waals surface area contributed by atoms with E-state index >= 15 is 0 Å². The average molecular weight is 326 g/mol. The third-order valence-electron chi connectivity index (χ3n) is 4.08. The highest BCUT2D eigenvalue weighted by Crippen LogP contribution is 2.27. The Kier molecular flexibility index (Phi) is 7.30. The molecule has 2 aromatic rings. The number of hydrogen-bond acceptors (Lipinski definition) is 3. The quantitative estimate of drug-likeness (QED) is 0.365. The molecule has 0 aromatic heterocycles. The van der Waals surface area contributed by atoms with Gasteiger partial charge in [-0.1, -0.05) is 68.7 Å². The Labute approximate surface area is 143 Å². The van der Waals surface area contributed by atoms with E-state index in [2.05, 4.69) is 12.2 Å². The van der Waals surface area contributed by atoms with Crippen molar-refractivity contribution in [2.75, 3.05) is 11.9 Å². The highest BCUT2D eigenvalue weighted by molar-refractivity contribution is 5.86. The standard InChI is InChI=1S/C20H26N2O2/c1-2-3-4-8-14-21-18-13-9-12-17(15-18)19(20(23)22-24)16-10-6-5-7-11-16/h5-7,9-13,15,19,21,24H,2-4,8,14H2,1H3,(H,22,23). The molecule has 0 aliphatic heterocycles. The van der Waals surface area contributed by atoms with Crippen LogP contribution in [-0.2, 0) is 4.79 Å². The van der Waals surface area contributed by atoms with Crippen LogP contribution < -0.4 is 10.8 Å². The van der Waals surface area contributed by atoms with E-state index in [9.17, 15) is 4.79 Å². The minimum Gasteiger partial charge on any atom is -0.385 e. The normalized spacial score (nSPS) is 11.8. The monoisotopic (exact) mass is 326 g/mol. The molecule has 0 bridgehead atoms. The van der Waals surface area contributed by atoms with Gasteiger partial charge >= 0.3 is 0 Å². The summed E-state index contributed by atoms with van der Waals surface area (Å²) in [6.45, 7) is 3.12. The summed E-state index contributed by atoms with van der Waals surface area (Å²) in [5.74, 6) is -0.959. The topological polar surface area (TPSA) is 61.4 Å². The third kappa shape index (κ3) is 5.10. The van der Waals surface area contributed by atoms with Crippen molar-refractivity contribution in [1.82, 2.24) is 5.48 Å². The molecule has 2 aromatic carbocycles. The van der Waals surface area contributed by atoms with E-state index in [0.717, 1.165) is 29.8 Å². The van der Waals surface area contributed by atoms with Gasteiger partial charge < -0.3 is 5.32 Å². The first kappa shape index (κ1) is 18.0. The number of hydroxylamine groups is 1. The predicted octanol–water partition coefficient (Wildman–Crippen LogP) is 4.32. The van der Waals surface area contributed by atoms with Gasteiger partial charge in [-0.2, -0.15) is 0 Å². The second-order valence-corrected chi connectivity index (χ2v) is 5.93.